The lowest BCUT2D eigenvalue weighted by molar-refractivity contribution is -0.122. The number of nitrogens with zero attached hydrogens (tertiary/aromatic N) is 1. The number of carbonyl (C=O) groups is 3. The topological polar surface area (TPSA) is 75.7 Å². The van der Waals surface area contributed by atoms with Crippen LogP contribution in [0.4, 0.5) is 10.5 Å². The van der Waals surface area contributed by atoms with Crippen molar-refractivity contribution >= 4 is 41.2 Å². The fourth-order valence-corrected chi connectivity index (χ4v) is 3.22. The zero-order valence-corrected chi connectivity index (χ0v) is 17.5. The number of ether oxygens (including phenoxy) is 1. The predicted octanol–water partition coefficient (Wildman–Crippen LogP) is 4.06. The largest absolute Gasteiger partial charge is 0.481 e. The van der Waals surface area contributed by atoms with Gasteiger partial charge in [0.15, 0.2) is 0 Å². The highest BCUT2D eigenvalue weighted by Crippen LogP contribution is 2.28. The van der Waals surface area contributed by atoms with Gasteiger partial charge in [-0.2, -0.15) is 0 Å². The van der Waals surface area contributed by atoms with Gasteiger partial charge in [-0.25, -0.2) is 9.69 Å². The number of hydrogen-bond acceptors (Lipinski definition) is 4. The van der Waals surface area contributed by atoms with E-state index in [-0.39, 0.29) is 17.9 Å². The monoisotopic (exact) mass is 434 g/mol. The minimum absolute atomic E-state index is 0.113. The van der Waals surface area contributed by atoms with Crippen molar-refractivity contribution in [2.45, 2.75) is 13.3 Å². The summed E-state index contributed by atoms with van der Waals surface area (Å²) in [5.74, 6) is 1.47. The summed E-state index contributed by atoms with van der Waals surface area (Å²) < 4.78 is 5.52. The van der Waals surface area contributed by atoms with Gasteiger partial charge in [0.25, 0.3) is 11.8 Å². The fourth-order valence-electron chi connectivity index (χ4n) is 3.04. The molecule has 6 nitrogen and oxygen atoms in total. The molecule has 1 aliphatic heterocycles. The standard InChI is InChI=1S/C24H19ClN2O4/c1-4-6-17-12-16(8-10-21(17)31-11-5-2)13-19-22(28)26-24(30)27(23(19)29)18-9-7-15(3)20(25)14-18/h2,4,7-10,12-14H,1,6,11H2,3H3,(H,26,28,30)/b19-13-. The molecule has 1 N–H and O–H groups in total. The van der Waals surface area contributed by atoms with Crippen LogP contribution in [-0.4, -0.2) is 24.5 Å². The molecule has 0 aliphatic carbocycles. The lowest BCUT2D eigenvalue weighted by atomic mass is 10.0. The summed E-state index contributed by atoms with van der Waals surface area (Å²) in [6.07, 6.45) is 8.88. The van der Waals surface area contributed by atoms with Gasteiger partial charge in [0.05, 0.1) is 5.69 Å². The smallest absolute Gasteiger partial charge is 0.335 e. The predicted molar refractivity (Wildman–Crippen MR) is 120 cm³/mol. The van der Waals surface area contributed by atoms with E-state index in [1.165, 1.54) is 12.1 Å². The molecule has 0 saturated carbocycles. The van der Waals surface area contributed by atoms with Gasteiger partial charge in [0.1, 0.15) is 17.9 Å². The fraction of sp³-hybridized carbons (Fsp3) is 0.125. The minimum atomic E-state index is -0.836. The van der Waals surface area contributed by atoms with E-state index in [4.69, 9.17) is 22.8 Å². The Kier molecular flexibility index (Phi) is 6.58. The number of nitrogens with one attached hydrogen (secondary N) is 1. The van der Waals surface area contributed by atoms with E-state index in [9.17, 15) is 14.4 Å². The average molecular weight is 435 g/mol. The lowest BCUT2D eigenvalue weighted by Gasteiger charge is -2.26. The number of terminal acetylenes is 1. The van der Waals surface area contributed by atoms with Crippen molar-refractivity contribution < 1.29 is 19.1 Å². The molecule has 1 heterocycles. The number of aryl methyl sites for hydroxylation is 1. The number of urea groups is 1. The lowest BCUT2D eigenvalue weighted by Crippen LogP contribution is -2.54. The average Bonchev–Trinajstić information content (AvgIpc) is 2.73. The van der Waals surface area contributed by atoms with Crippen LogP contribution in [0, 0.1) is 19.3 Å². The number of rotatable bonds is 6. The highest BCUT2D eigenvalue weighted by atomic mass is 35.5. The second-order valence-electron chi connectivity index (χ2n) is 6.74. The molecular formula is C24H19ClN2O4. The van der Waals surface area contributed by atoms with E-state index in [1.54, 1.807) is 43.3 Å². The van der Waals surface area contributed by atoms with Crippen molar-refractivity contribution in [3.63, 3.8) is 0 Å². The third-order valence-corrected chi connectivity index (χ3v) is 4.99. The summed E-state index contributed by atoms with van der Waals surface area (Å²) >= 11 is 6.14. The third-order valence-electron chi connectivity index (χ3n) is 4.59. The Hall–Kier alpha value is -3.82. The molecule has 0 atom stereocenters. The molecular weight excluding hydrogens is 416 g/mol. The van der Waals surface area contributed by atoms with Crippen LogP contribution in [0.1, 0.15) is 16.7 Å². The van der Waals surface area contributed by atoms with Gasteiger partial charge < -0.3 is 4.74 Å². The number of halogens is 1. The Morgan fingerprint density at radius 2 is 2.00 bits per heavy atom. The molecule has 0 spiro atoms. The second kappa shape index (κ2) is 9.33. The summed E-state index contributed by atoms with van der Waals surface area (Å²) in [4.78, 5) is 38.7. The maximum absolute atomic E-state index is 13.0. The van der Waals surface area contributed by atoms with Gasteiger partial charge in [-0.3, -0.25) is 14.9 Å². The zero-order chi connectivity index (χ0) is 22.5. The van der Waals surface area contributed by atoms with Crippen LogP contribution in [0.25, 0.3) is 6.08 Å². The van der Waals surface area contributed by atoms with Gasteiger partial charge in [0, 0.05) is 5.02 Å². The molecule has 2 aromatic rings. The summed E-state index contributed by atoms with van der Waals surface area (Å²) in [6.45, 7) is 5.64. The molecule has 156 valence electrons. The molecule has 31 heavy (non-hydrogen) atoms. The van der Waals surface area contributed by atoms with E-state index in [0.29, 0.717) is 22.8 Å². The number of allylic oxidation sites excluding steroid dienone is 1. The molecule has 3 rings (SSSR count). The summed E-state index contributed by atoms with van der Waals surface area (Å²) in [6, 6.07) is 9.11. The number of carbonyl (C=O) groups excluding carboxylic acids is 3. The van der Waals surface area contributed by atoms with Crippen molar-refractivity contribution in [2.75, 3.05) is 11.5 Å². The maximum atomic E-state index is 13.0. The molecule has 7 heteroatoms. The Bertz CT molecular complexity index is 1160. The van der Waals surface area contributed by atoms with Crippen LogP contribution in [-0.2, 0) is 16.0 Å². The van der Waals surface area contributed by atoms with Crippen molar-refractivity contribution in [1.29, 1.82) is 0 Å². The minimum Gasteiger partial charge on any atom is -0.481 e. The second-order valence-corrected chi connectivity index (χ2v) is 7.15. The van der Waals surface area contributed by atoms with Crippen molar-refractivity contribution in [2.24, 2.45) is 0 Å². The van der Waals surface area contributed by atoms with E-state index in [0.717, 1.165) is 16.0 Å². The molecule has 0 bridgehead atoms. The molecule has 0 radical (unpaired) electrons. The first-order valence-corrected chi connectivity index (χ1v) is 9.71. The van der Waals surface area contributed by atoms with Crippen LogP contribution in [0.2, 0.25) is 5.02 Å². The molecule has 1 aliphatic rings. The van der Waals surface area contributed by atoms with Crippen LogP contribution < -0.4 is 15.0 Å². The van der Waals surface area contributed by atoms with Crippen LogP contribution >= 0.6 is 11.6 Å². The summed E-state index contributed by atoms with van der Waals surface area (Å²) in [7, 11) is 0. The molecule has 2 aromatic carbocycles. The van der Waals surface area contributed by atoms with E-state index < -0.39 is 17.8 Å². The Morgan fingerprint density at radius 3 is 2.68 bits per heavy atom. The van der Waals surface area contributed by atoms with Gasteiger partial charge in [-0.05, 0) is 60.4 Å². The first kappa shape index (κ1) is 21.9. The van der Waals surface area contributed by atoms with E-state index in [2.05, 4.69) is 17.8 Å². The quantitative estimate of drug-likeness (QED) is 0.322. The Labute approximate surface area is 185 Å². The maximum Gasteiger partial charge on any atom is 0.335 e. The normalized spacial score (nSPS) is 14.9. The highest BCUT2D eigenvalue weighted by molar-refractivity contribution is 6.39. The van der Waals surface area contributed by atoms with Crippen molar-refractivity contribution in [1.82, 2.24) is 5.32 Å². The number of amides is 4. The molecule has 0 unspecified atom stereocenters. The molecule has 0 aromatic heterocycles. The van der Waals surface area contributed by atoms with Crippen LogP contribution in [0.3, 0.4) is 0 Å². The summed E-state index contributed by atoms with van der Waals surface area (Å²) in [5.41, 5.74) is 2.25. The van der Waals surface area contributed by atoms with Gasteiger partial charge in [0.2, 0.25) is 0 Å². The van der Waals surface area contributed by atoms with Crippen molar-refractivity contribution in [3.05, 3.63) is 76.3 Å². The number of anilines is 1. The summed E-state index contributed by atoms with van der Waals surface area (Å²) in [5, 5.41) is 2.59. The number of hydrogen-bond donors (Lipinski definition) is 1. The van der Waals surface area contributed by atoms with E-state index in [1.807, 2.05) is 0 Å². The first-order chi connectivity index (χ1) is 14.8. The first-order valence-electron chi connectivity index (χ1n) is 9.33. The third kappa shape index (κ3) is 4.68. The molecule has 1 saturated heterocycles. The molecule has 1 fully saturated rings. The Balaban J connectivity index is 1.99. The van der Waals surface area contributed by atoms with Crippen molar-refractivity contribution in [3.8, 4) is 18.1 Å². The SMILES string of the molecule is C#CCOc1ccc(/C=C2/C(=O)NC(=O)N(c3ccc(C)c(Cl)c3)C2=O)cc1CC=C. The number of benzene rings is 2. The zero-order valence-electron chi connectivity index (χ0n) is 16.8. The van der Waals surface area contributed by atoms with Crippen LogP contribution in [0.5, 0.6) is 5.75 Å². The molecule has 4 amide bonds. The highest BCUT2D eigenvalue weighted by Gasteiger charge is 2.37. The van der Waals surface area contributed by atoms with E-state index >= 15 is 0 Å². The van der Waals surface area contributed by atoms with Crippen LogP contribution in [0.15, 0.2) is 54.6 Å². The number of imide groups is 2. The number of barbiturate groups is 1. The van der Waals surface area contributed by atoms with Gasteiger partial charge in [-0.15, -0.1) is 13.0 Å². The Morgan fingerprint density at radius 1 is 1.23 bits per heavy atom. The van der Waals surface area contributed by atoms with Gasteiger partial charge >= 0.3 is 6.03 Å². The van der Waals surface area contributed by atoms with Gasteiger partial charge in [-0.1, -0.05) is 35.7 Å².